The number of amides is 1. The van der Waals surface area contributed by atoms with Crippen LogP contribution in [-0.4, -0.2) is 35.3 Å². The summed E-state index contributed by atoms with van der Waals surface area (Å²) < 4.78 is 0. The van der Waals surface area contributed by atoms with Crippen molar-refractivity contribution in [1.29, 1.82) is 0 Å². The summed E-state index contributed by atoms with van der Waals surface area (Å²) in [6.45, 7) is 3.04. The Balaban J connectivity index is 1.58. The number of benzene rings is 3. The lowest BCUT2D eigenvalue weighted by atomic mass is 10.0. The molecule has 1 atom stereocenters. The normalized spacial score (nSPS) is 17.5. The molecule has 3 nitrogen and oxygen atoms in total. The monoisotopic (exact) mass is 390 g/mol. The standard InChI is InChI=1S/C24H23ClN2O/c25-22-14-8-7-13-21(22)24(28)27-16-15-26(17-19-9-3-1-4-10-19)23(18-27)20-11-5-2-6-12-20/h1-14,23H,15-18H2. The van der Waals surface area contributed by atoms with Crippen LogP contribution in [0.15, 0.2) is 84.9 Å². The molecule has 4 heteroatoms. The zero-order valence-corrected chi connectivity index (χ0v) is 16.4. The van der Waals surface area contributed by atoms with E-state index < -0.39 is 0 Å². The Morgan fingerprint density at radius 3 is 2.21 bits per heavy atom. The van der Waals surface area contributed by atoms with E-state index in [1.54, 1.807) is 12.1 Å². The van der Waals surface area contributed by atoms with Gasteiger partial charge in [0.1, 0.15) is 0 Å². The summed E-state index contributed by atoms with van der Waals surface area (Å²) in [7, 11) is 0. The molecule has 0 N–H and O–H groups in total. The molecule has 0 spiro atoms. The first-order valence-electron chi connectivity index (χ1n) is 9.59. The van der Waals surface area contributed by atoms with Crippen LogP contribution in [0.2, 0.25) is 5.02 Å². The Labute approximate surface area is 171 Å². The molecule has 3 aromatic rings. The topological polar surface area (TPSA) is 23.6 Å². The van der Waals surface area contributed by atoms with Gasteiger partial charge in [-0.05, 0) is 23.3 Å². The minimum atomic E-state index is 0.00546. The highest BCUT2D eigenvalue weighted by Gasteiger charge is 2.31. The maximum Gasteiger partial charge on any atom is 0.255 e. The van der Waals surface area contributed by atoms with Crippen LogP contribution in [0.4, 0.5) is 0 Å². The predicted octanol–water partition coefficient (Wildman–Crippen LogP) is 5.04. The third-order valence-corrected chi connectivity index (χ3v) is 5.63. The van der Waals surface area contributed by atoms with Crippen molar-refractivity contribution >= 4 is 17.5 Å². The van der Waals surface area contributed by atoms with Crippen molar-refractivity contribution < 1.29 is 4.79 Å². The first-order chi connectivity index (χ1) is 13.7. The Kier molecular flexibility index (Phi) is 5.75. The highest BCUT2D eigenvalue weighted by Crippen LogP contribution is 2.29. The summed E-state index contributed by atoms with van der Waals surface area (Å²) in [4.78, 5) is 17.5. The average molecular weight is 391 g/mol. The molecular formula is C24H23ClN2O. The highest BCUT2D eigenvalue weighted by molar-refractivity contribution is 6.33. The zero-order valence-electron chi connectivity index (χ0n) is 15.7. The number of halogens is 1. The number of hydrogen-bond acceptors (Lipinski definition) is 2. The van der Waals surface area contributed by atoms with Crippen molar-refractivity contribution in [2.75, 3.05) is 19.6 Å². The Hall–Kier alpha value is -2.62. The molecule has 4 rings (SSSR count). The zero-order chi connectivity index (χ0) is 19.3. The lowest BCUT2D eigenvalue weighted by Gasteiger charge is -2.42. The van der Waals surface area contributed by atoms with E-state index in [0.717, 1.165) is 13.1 Å². The minimum absolute atomic E-state index is 0.00546. The molecule has 0 aromatic heterocycles. The SMILES string of the molecule is O=C(c1ccccc1Cl)N1CCN(Cc2ccccc2)C(c2ccccc2)C1. The molecule has 0 aliphatic carbocycles. The number of piperazine rings is 1. The van der Waals surface area contributed by atoms with Crippen LogP contribution in [0.3, 0.4) is 0 Å². The van der Waals surface area contributed by atoms with E-state index in [1.807, 2.05) is 29.2 Å². The molecule has 1 fully saturated rings. The summed E-state index contributed by atoms with van der Waals surface area (Å²) in [6, 6.07) is 28.4. The second-order valence-corrected chi connectivity index (χ2v) is 7.52. The maximum atomic E-state index is 13.1. The number of hydrogen-bond donors (Lipinski definition) is 0. The van der Waals surface area contributed by atoms with E-state index in [1.165, 1.54) is 11.1 Å². The van der Waals surface area contributed by atoms with Crippen molar-refractivity contribution in [3.8, 4) is 0 Å². The first-order valence-corrected chi connectivity index (χ1v) is 9.97. The van der Waals surface area contributed by atoms with Crippen LogP contribution in [-0.2, 0) is 6.54 Å². The molecule has 142 valence electrons. The van der Waals surface area contributed by atoms with E-state index >= 15 is 0 Å². The van der Waals surface area contributed by atoms with Gasteiger partial charge in [0.15, 0.2) is 0 Å². The Morgan fingerprint density at radius 1 is 0.857 bits per heavy atom. The van der Waals surface area contributed by atoms with Crippen molar-refractivity contribution in [3.63, 3.8) is 0 Å². The molecule has 1 amide bonds. The summed E-state index contributed by atoms with van der Waals surface area (Å²) >= 11 is 6.27. The van der Waals surface area contributed by atoms with Gasteiger partial charge in [-0.15, -0.1) is 0 Å². The smallest absolute Gasteiger partial charge is 0.255 e. The lowest BCUT2D eigenvalue weighted by molar-refractivity contribution is 0.0456. The molecule has 1 saturated heterocycles. The van der Waals surface area contributed by atoms with Gasteiger partial charge >= 0.3 is 0 Å². The quantitative estimate of drug-likeness (QED) is 0.623. The van der Waals surface area contributed by atoms with Gasteiger partial charge in [-0.1, -0.05) is 84.4 Å². The predicted molar refractivity (Wildman–Crippen MR) is 113 cm³/mol. The fourth-order valence-electron chi connectivity index (χ4n) is 3.81. The van der Waals surface area contributed by atoms with Crippen molar-refractivity contribution in [1.82, 2.24) is 9.80 Å². The summed E-state index contributed by atoms with van der Waals surface area (Å²) in [5.41, 5.74) is 3.09. The van der Waals surface area contributed by atoms with Crippen LogP contribution >= 0.6 is 11.6 Å². The largest absolute Gasteiger partial charge is 0.335 e. The number of nitrogens with zero attached hydrogens (tertiary/aromatic N) is 2. The molecule has 28 heavy (non-hydrogen) atoms. The van der Waals surface area contributed by atoms with Crippen molar-refractivity contribution in [2.45, 2.75) is 12.6 Å². The fraction of sp³-hybridized carbons (Fsp3) is 0.208. The molecule has 0 saturated carbocycles. The van der Waals surface area contributed by atoms with E-state index in [-0.39, 0.29) is 11.9 Å². The minimum Gasteiger partial charge on any atom is -0.335 e. The summed E-state index contributed by atoms with van der Waals surface area (Å²) in [5.74, 6) is 0.00546. The van der Waals surface area contributed by atoms with Gasteiger partial charge in [0.2, 0.25) is 0 Å². The molecule has 1 heterocycles. The first kappa shape index (κ1) is 18.7. The molecule has 1 unspecified atom stereocenters. The van der Waals surface area contributed by atoms with Crippen LogP contribution in [0.1, 0.15) is 27.5 Å². The highest BCUT2D eigenvalue weighted by atomic mass is 35.5. The van der Waals surface area contributed by atoms with Gasteiger partial charge in [-0.25, -0.2) is 0 Å². The average Bonchev–Trinajstić information content (AvgIpc) is 2.75. The molecular weight excluding hydrogens is 368 g/mol. The third-order valence-electron chi connectivity index (χ3n) is 5.30. The van der Waals surface area contributed by atoms with Crippen LogP contribution in [0.5, 0.6) is 0 Å². The maximum absolute atomic E-state index is 13.1. The molecule has 1 aliphatic rings. The Bertz CT molecular complexity index is 930. The van der Waals surface area contributed by atoms with Gasteiger partial charge in [0.05, 0.1) is 16.6 Å². The van der Waals surface area contributed by atoms with E-state index in [2.05, 4.69) is 53.4 Å². The lowest BCUT2D eigenvalue weighted by Crippen LogP contribution is -2.50. The van der Waals surface area contributed by atoms with Crippen LogP contribution < -0.4 is 0 Å². The molecule has 3 aromatic carbocycles. The summed E-state index contributed by atoms with van der Waals surface area (Å²) in [5, 5.41) is 0.510. The number of carbonyl (C=O) groups excluding carboxylic acids is 1. The second kappa shape index (κ2) is 8.59. The van der Waals surface area contributed by atoms with E-state index in [9.17, 15) is 4.79 Å². The molecule has 0 bridgehead atoms. The molecule has 1 aliphatic heterocycles. The number of carbonyl (C=O) groups is 1. The van der Waals surface area contributed by atoms with E-state index in [4.69, 9.17) is 11.6 Å². The van der Waals surface area contributed by atoms with Crippen LogP contribution in [0.25, 0.3) is 0 Å². The summed E-state index contributed by atoms with van der Waals surface area (Å²) in [6.07, 6.45) is 0. The van der Waals surface area contributed by atoms with Crippen molar-refractivity contribution in [2.24, 2.45) is 0 Å². The van der Waals surface area contributed by atoms with E-state index in [0.29, 0.717) is 23.7 Å². The fourth-order valence-corrected chi connectivity index (χ4v) is 4.03. The van der Waals surface area contributed by atoms with Crippen LogP contribution in [0, 0.1) is 0 Å². The van der Waals surface area contributed by atoms with Crippen molar-refractivity contribution in [3.05, 3.63) is 107 Å². The number of rotatable bonds is 4. The van der Waals surface area contributed by atoms with Gasteiger partial charge in [0.25, 0.3) is 5.91 Å². The van der Waals surface area contributed by atoms with Gasteiger partial charge < -0.3 is 4.90 Å². The Morgan fingerprint density at radius 2 is 1.50 bits per heavy atom. The van der Waals surface area contributed by atoms with Gasteiger partial charge in [-0.3, -0.25) is 9.69 Å². The van der Waals surface area contributed by atoms with Gasteiger partial charge in [0, 0.05) is 26.2 Å². The third kappa shape index (κ3) is 4.11. The van der Waals surface area contributed by atoms with Gasteiger partial charge in [-0.2, -0.15) is 0 Å². The molecule has 0 radical (unpaired) electrons. The second-order valence-electron chi connectivity index (χ2n) is 7.11.